The highest BCUT2D eigenvalue weighted by Crippen LogP contribution is 2.32. The average molecular weight is 406 g/mol. The molecule has 0 spiro atoms. The van der Waals surface area contributed by atoms with E-state index in [9.17, 15) is 14.0 Å². The van der Waals surface area contributed by atoms with Crippen LogP contribution in [0, 0.1) is 12.7 Å². The van der Waals surface area contributed by atoms with E-state index in [-0.39, 0.29) is 12.1 Å². The van der Waals surface area contributed by atoms with Crippen molar-refractivity contribution >= 4 is 51.7 Å². The van der Waals surface area contributed by atoms with Gasteiger partial charge in [-0.15, -0.1) is 0 Å². The minimum Gasteiger partial charge on any atom is -0.335 e. The Morgan fingerprint density at radius 1 is 1.30 bits per heavy atom. The van der Waals surface area contributed by atoms with Crippen LogP contribution in [0.3, 0.4) is 0 Å². The van der Waals surface area contributed by atoms with Gasteiger partial charge in [0.1, 0.15) is 11.1 Å². The molecule has 140 valence electrons. The zero-order valence-corrected chi connectivity index (χ0v) is 16.3. The lowest BCUT2D eigenvalue weighted by atomic mass is 10.2. The van der Waals surface area contributed by atoms with Crippen molar-refractivity contribution in [3.8, 4) is 0 Å². The first-order valence-corrected chi connectivity index (χ1v) is 9.44. The van der Waals surface area contributed by atoms with E-state index in [0.29, 0.717) is 10.2 Å². The SMILES string of the molecule is CN=C(Nc1ccc(C)c(Cl)c1)SC1CC(=O)N(c2ccccc2F)C1=O. The third-order valence-electron chi connectivity index (χ3n) is 4.08. The van der Waals surface area contributed by atoms with Gasteiger partial charge >= 0.3 is 0 Å². The van der Waals surface area contributed by atoms with E-state index in [0.717, 1.165) is 27.9 Å². The van der Waals surface area contributed by atoms with Gasteiger partial charge in [0.2, 0.25) is 11.8 Å². The Morgan fingerprint density at radius 2 is 2.04 bits per heavy atom. The second-order valence-electron chi connectivity index (χ2n) is 5.95. The smallest absolute Gasteiger partial charge is 0.247 e. The molecule has 5 nitrogen and oxygen atoms in total. The lowest BCUT2D eigenvalue weighted by molar-refractivity contribution is -0.121. The summed E-state index contributed by atoms with van der Waals surface area (Å²) in [6, 6.07) is 11.2. The van der Waals surface area contributed by atoms with Crippen LogP contribution in [0.15, 0.2) is 47.5 Å². The van der Waals surface area contributed by atoms with Crippen molar-refractivity contribution in [1.29, 1.82) is 0 Å². The summed E-state index contributed by atoms with van der Waals surface area (Å²) < 4.78 is 14.0. The second-order valence-corrected chi connectivity index (χ2v) is 7.55. The Hall–Kier alpha value is -2.38. The molecule has 8 heteroatoms. The van der Waals surface area contributed by atoms with E-state index < -0.39 is 22.9 Å². The molecule has 0 aromatic heterocycles. The number of benzene rings is 2. The number of nitrogens with zero attached hydrogens (tertiary/aromatic N) is 2. The van der Waals surface area contributed by atoms with Crippen LogP contribution < -0.4 is 10.2 Å². The summed E-state index contributed by atoms with van der Waals surface area (Å²) in [4.78, 5) is 30.0. The van der Waals surface area contributed by atoms with Gasteiger partial charge in [-0.25, -0.2) is 9.29 Å². The topological polar surface area (TPSA) is 61.8 Å². The van der Waals surface area contributed by atoms with Gasteiger partial charge in [-0.2, -0.15) is 0 Å². The zero-order valence-electron chi connectivity index (χ0n) is 14.7. The van der Waals surface area contributed by atoms with E-state index in [1.807, 2.05) is 19.1 Å². The number of hydrogen-bond acceptors (Lipinski definition) is 4. The molecule has 0 bridgehead atoms. The van der Waals surface area contributed by atoms with Crippen LogP contribution in [0.2, 0.25) is 5.02 Å². The van der Waals surface area contributed by atoms with Gasteiger partial charge in [0.25, 0.3) is 0 Å². The molecule has 2 amide bonds. The number of carbonyl (C=O) groups is 2. The number of aliphatic imine (C=N–C) groups is 1. The molecule has 1 N–H and O–H groups in total. The molecule has 2 aromatic carbocycles. The maximum Gasteiger partial charge on any atom is 0.247 e. The van der Waals surface area contributed by atoms with Gasteiger partial charge in [0, 0.05) is 24.2 Å². The summed E-state index contributed by atoms with van der Waals surface area (Å²) in [5.41, 5.74) is 1.65. The lowest BCUT2D eigenvalue weighted by Gasteiger charge is -2.16. The first-order chi connectivity index (χ1) is 12.9. The quantitative estimate of drug-likeness (QED) is 0.471. The van der Waals surface area contributed by atoms with Crippen LogP contribution in [-0.4, -0.2) is 29.3 Å². The summed E-state index contributed by atoms with van der Waals surface area (Å²) >= 11 is 7.26. The molecule has 1 fully saturated rings. The Kier molecular flexibility index (Phi) is 5.82. The van der Waals surface area contributed by atoms with Crippen LogP contribution >= 0.6 is 23.4 Å². The maximum atomic E-state index is 14.0. The molecule has 1 atom stereocenters. The fourth-order valence-electron chi connectivity index (χ4n) is 2.65. The molecule has 1 aliphatic rings. The Morgan fingerprint density at radius 3 is 2.70 bits per heavy atom. The van der Waals surface area contributed by atoms with Crippen molar-refractivity contribution < 1.29 is 14.0 Å². The fraction of sp³-hybridized carbons (Fsp3) is 0.211. The summed E-state index contributed by atoms with van der Waals surface area (Å²) in [6.45, 7) is 1.90. The summed E-state index contributed by atoms with van der Waals surface area (Å²) in [7, 11) is 1.58. The largest absolute Gasteiger partial charge is 0.335 e. The number of thioether (sulfide) groups is 1. The number of imide groups is 1. The molecular weight excluding hydrogens is 389 g/mol. The average Bonchev–Trinajstić information content (AvgIpc) is 2.91. The lowest BCUT2D eigenvalue weighted by Crippen LogP contribution is -2.32. The third-order valence-corrected chi connectivity index (χ3v) is 5.65. The van der Waals surface area contributed by atoms with Crippen molar-refractivity contribution in [2.24, 2.45) is 4.99 Å². The van der Waals surface area contributed by atoms with Crippen molar-refractivity contribution in [1.82, 2.24) is 0 Å². The van der Waals surface area contributed by atoms with E-state index in [2.05, 4.69) is 10.3 Å². The molecular formula is C19H17ClFN3O2S. The molecule has 1 saturated heterocycles. The number of para-hydroxylation sites is 1. The first kappa shape index (κ1) is 19.4. The molecule has 1 heterocycles. The van der Waals surface area contributed by atoms with E-state index >= 15 is 0 Å². The number of amidine groups is 1. The molecule has 0 radical (unpaired) electrons. The highest BCUT2D eigenvalue weighted by Gasteiger charge is 2.41. The highest BCUT2D eigenvalue weighted by molar-refractivity contribution is 8.15. The maximum absolute atomic E-state index is 14.0. The van der Waals surface area contributed by atoms with Crippen LogP contribution in [0.4, 0.5) is 15.8 Å². The first-order valence-electron chi connectivity index (χ1n) is 8.18. The van der Waals surface area contributed by atoms with Gasteiger partial charge in [-0.3, -0.25) is 14.6 Å². The van der Waals surface area contributed by atoms with Gasteiger partial charge in [0.05, 0.1) is 5.69 Å². The summed E-state index contributed by atoms with van der Waals surface area (Å²) in [6.07, 6.45) is -0.0206. The number of nitrogens with one attached hydrogen (secondary N) is 1. The minimum atomic E-state index is -0.677. The Labute approximate surface area is 165 Å². The monoisotopic (exact) mass is 405 g/mol. The molecule has 1 unspecified atom stereocenters. The number of carbonyl (C=O) groups excluding carboxylic acids is 2. The third kappa shape index (κ3) is 4.14. The number of aryl methyl sites for hydroxylation is 1. The van der Waals surface area contributed by atoms with Crippen molar-refractivity contribution in [2.45, 2.75) is 18.6 Å². The summed E-state index contributed by atoms with van der Waals surface area (Å²) in [5.74, 6) is -1.50. The predicted octanol–water partition coefficient (Wildman–Crippen LogP) is 4.25. The number of hydrogen-bond donors (Lipinski definition) is 1. The molecule has 2 aromatic rings. The fourth-order valence-corrected chi connectivity index (χ4v) is 3.81. The Bertz CT molecular complexity index is 935. The van der Waals surface area contributed by atoms with Crippen LogP contribution in [0.25, 0.3) is 0 Å². The number of halogens is 2. The minimum absolute atomic E-state index is 0.0206. The molecule has 3 rings (SSSR count). The van der Waals surface area contributed by atoms with Gasteiger partial charge in [0.15, 0.2) is 5.17 Å². The molecule has 0 aliphatic carbocycles. The molecule has 1 aliphatic heterocycles. The highest BCUT2D eigenvalue weighted by atomic mass is 35.5. The molecule has 0 saturated carbocycles. The van der Waals surface area contributed by atoms with Gasteiger partial charge in [-0.1, -0.05) is 41.6 Å². The van der Waals surface area contributed by atoms with E-state index in [1.165, 1.54) is 18.2 Å². The Balaban J connectivity index is 1.75. The predicted molar refractivity (Wildman–Crippen MR) is 108 cm³/mol. The zero-order chi connectivity index (χ0) is 19.6. The summed E-state index contributed by atoms with van der Waals surface area (Å²) in [5, 5.41) is 3.50. The standard InChI is InChI=1S/C19H17ClFN3O2S/c1-11-7-8-12(9-13(11)20)23-19(22-2)27-16-10-17(25)24(18(16)26)15-6-4-3-5-14(15)21/h3-9,16H,10H2,1-2H3,(H,22,23). The second kappa shape index (κ2) is 8.10. The van der Waals surface area contributed by atoms with Crippen molar-refractivity contribution in [2.75, 3.05) is 17.3 Å². The van der Waals surface area contributed by atoms with Gasteiger partial charge in [-0.05, 0) is 36.8 Å². The number of rotatable bonds is 3. The van der Waals surface area contributed by atoms with Gasteiger partial charge < -0.3 is 5.32 Å². The van der Waals surface area contributed by atoms with Crippen LogP contribution in [0.5, 0.6) is 0 Å². The van der Waals surface area contributed by atoms with Crippen LogP contribution in [-0.2, 0) is 9.59 Å². The van der Waals surface area contributed by atoms with E-state index in [4.69, 9.17) is 11.6 Å². The van der Waals surface area contributed by atoms with Crippen molar-refractivity contribution in [3.63, 3.8) is 0 Å². The van der Waals surface area contributed by atoms with Crippen LogP contribution in [0.1, 0.15) is 12.0 Å². The molecule has 27 heavy (non-hydrogen) atoms. The van der Waals surface area contributed by atoms with E-state index in [1.54, 1.807) is 19.2 Å². The van der Waals surface area contributed by atoms with Crippen molar-refractivity contribution in [3.05, 3.63) is 58.9 Å². The number of amides is 2. The normalized spacial score (nSPS) is 17.6. The number of anilines is 2.